The Morgan fingerprint density at radius 1 is 1.12 bits per heavy atom. The second kappa shape index (κ2) is 6.29. The number of carbonyl (C=O) groups excluding carboxylic acids is 2. The van der Waals surface area contributed by atoms with E-state index < -0.39 is 11.8 Å². The van der Waals surface area contributed by atoms with Crippen molar-refractivity contribution in [2.24, 2.45) is 12.8 Å². The number of hydrogen-bond acceptors (Lipinski definition) is 5. The predicted molar refractivity (Wildman–Crippen MR) is 87.1 cm³/mol. The zero-order valence-electron chi connectivity index (χ0n) is 12.8. The lowest BCUT2D eigenvalue weighted by atomic mass is 10.0. The monoisotopic (exact) mass is 322 g/mol. The van der Waals surface area contributed by atoms with Crippen LogP contribution in [0.5, 0.6) is 0 Å². The van der Waals surface area contributed by atoms with E-state index in [1.165, 1.54) is 18.7 Å². The van der Waals surface area contributed by atoms with Crippen LogP contribution in [0.25, 0.3) is 11.1 Å². The van der Waals surface area contributed by atoms with Crippen LogP contribution in [0.1, 0.15) is 20.7 Å². The SMILES string of the molecule is Cn1cc(-c2ccccc2C(N)=O)c(NC(=O)c2cncnc2)n1. The summed E-state index contributed by atoms with van der Waals surface area (Å²) < 4.78 is 1.55. The van der Waals surface area contributed by atoms with Gasteiger partial charge in [-0.2, -0.15) is 5.10 Å². The van der Waals surface area contributed by atoms with Gasteiger partial charge in [-0.05, 0) is 11.6 Å². The van der Waals surface area contributed by atoms with E-state index in [-0.39, 0.29) is 0 Å². The Labute approximate surface area is 137 Å². The first-order valence-corrected chi connectivity index (χ1v) is 7.05. The number of amides is 2. The topological polar surface area (TPSA) is 116 Å². The van der Waals surface area contributed by atoms with E-state index in [0.29, 0.717) is 28.1 Å². The van der Waals surface area contributed by atoms with Gasteiger partial charge in [0.15, 0.2) is 5.82 Å². The summed E-state index contributed by atoms with van der Waals surface area (Å²) in [5.74, 6) is -0.629. The van der Waals surface area contributed by atoms with Crippen molar-refractivity contribution in [3.8, 4) is 11.1 Å². The molecule has 3 rings (SSSR count). The van der Waals surface area contributed by atoms with Gasteiger partial charge in [-0.3, -0.25) is 14.3 Å². The molecule has 2 amide bonds. The minimum atomic E-state index is -0.553. The molecule has 3 aromatic rings. The van der Waals surface area contributed by atoms with Gasteiger partial charge in [0.1, 0.15) is 6.33 Å². The van der Waals surface area contributed by atoms with Crippen LogP contribution in [-0.2, 0) is 7.05 Å². The fraction of sp³-hybridized carbons (Fsp3) is 0.0625. The summed E-state index contributed by atoms with van der Waals surface area (Å²) in [5, 5.41) is 6.95. The van der Waals surface area contributed by atoms with Gasteiger partial charge in [-0.25, -0.2) is 9.97 Å². The molecule has 8 heteroatoms. The molecule has 0 bridgehead atoms. The van der Waals surface area contributed by atoms with Crippen molar-refractivity contribution in [1.82, 2.24) is 19.7 Å². The minimum absolute atomic E-state index is 0.303. The van der Waals surface area contributed by atoms with Crippen LogP contribution in [0, 0.1) is 0 Å². The number of primary amides is 1. The summed E-state index contributed by atoms with van der Waals surface area (Å²) in [6.07, 6.45) is 5.86. The Kier molecular flexibility index (Phi) is 4.02. The molecule has 2 aromatic heterocycles. The van der Waals surface area contributed by atoms with Crippen molar-refractivity contribution < 1.29 is 9.59 Å². The maximum atomic E-state index is 12.3. The molecule has 24 heavy (non-hydrogen) atoms. The molecule has 8 nitrogen and oxygen atoms in total. The first kappa shape index (κ1) is 15.3. The average molecular weight is 322 g/mol. The van der Waals surface area contributed by atoms with Crippen LogP contribution in [0.2, 0.25) is 0 Å². The lowest BCUT2D eigenvalue weighted by Crippen LogP contribution is -2.15. The van der Waals surface area contributed by atoms with Crippen molar-refractivity contribution in [3.63, 3.8) is 0 Å². The van der Waals surface area contributed by atoms with E-state index in [1.807, 2.05) is 0 Å². The van der Waals surface area contributed by atoms with Crippen molar-refractivity contribution >= 4 is 17.6 Å². The van der Waals surface area contributed by atoms with Crippen LogP contribution >= 0.6 is 0 Å². The maximum Gasteiger partial charge on any atom is 0.260 e. The summed E-state index contributed by atoms with van der Waals surface area (Å²) in [4.78, 5) is 31.6. The second-order valence-corrected chi connectivity index (χ2v) is 5.06. The number of carbonyl (C=O) groups is 2. The first-order chi connectivity index (χ1) is 11.6. The quantitative estimate of drug-likeness (QED) is 0.749. The number of nitrogens with two attached hydrogens (primary N) is 1. The van der Waals surface area contributed by atoms with E-state index in [0.717, 1.165) is 0 Å². The molecule has 0 fully saturated rings. The normalized spacial score (nSPS) is 10.4. The van der Waals surface area contributed by atoms with Crippen LogP contribution < -0.4 is 11.1 Å². The molecule has 1 aromatic carbocycles. The molecule has 0 spiro atoms. The average Bonchev–Trinajstić information content (AvgIpc) is 2.95. The number of aromatic nitrogens is 4. The number of anilines is 1. The minimum Gasteiger partial charge on any atom is -0.366 e. The third-order valence-electron chi connectivity index (χ3n) is 3.37. The molecule has 0 atom stereocenters. The Bertz CT molecular complexity index is 904. The number of nitrogens with zero attached hydrogens (tertiary/aromatic N) is 4. The molecule has 2 heterocycles. The highest BCUT2D eigenvalue weighted by Gasteiger charge is 2.18. The molecular weight excluding hydrogens is 308 g/mol. The fourth-order valence-corrected chi connectivity index (χ4v) is 2.31. The van der Waals surface area contributed by atoms with Gasteiger partial charge in [-0.1, -0.05) is 18.2 Å². The van der Waals surface area contributed by atoms with Gasteiger partial charge in [0.25, 0.3) is 5.91 Å². The fourth-order valence-electron chi connectivity index (χ4n) is 2.31. The maximum absolute atomic E-state index is 12.3. The van der Waals surface area contributed by atoms with Crippen molar-refractivity contribution in [3.05, 3.63) is 60.3 Å². The number of benzene rings is 1. The zero-order valence-corrected chi connectivity index (χ0v) is 12.8. The van der Waals surface area contributed by atoms with E-state index in [9.17, 15) is 9.59 Å². The van der Waals surface area contributed by atoms with Crippen LogP contribution in [-0.4, -0.2) is 31.6 Å². The highest BCUT2D eigenvalue weighted by Crippen LogP contribution is 2.29. The number of aryl methyl sites for hydroxylation is 1. The third kappa shape index (κ3) is 2.98. The first-order valence-electron chi connectivity index (χ1n) is 7.05. The van der Waals surface area contributed by atoms with Gasteiger partial charge in [0.05, 0.1) is 5.56 Å². The molecular formula is C16H14N6O2. The highest BCUT2D eigenvalue weighted by molar-refractivity contribution is 6.07. The Morgan fingerprint density at radius 2 is 1.83 bits per heavy atom. The molecule has 0 unspecified atom stereocenters. The van der Waals surface area contributed by atoms with E-state index >= 15 is 0 Å². The molecule has 0 saturated carbocycles. The molecule has 0 radical (unpaired) electrons. The van der Waals surface area contributed by atoms with Gasteiger partial charge in [0.2, 0.25) is 5.91 Å². The van der Waals surface area contributed by atoms with Crippen molar-refractivity contribution in [1.29, 1.82) is 0 Å². The predicted octanol–water partition coefficient (Wildman–Crippen LogP) is 1.23. The Hall–Kier alpha value is -3.55. The molecule has 120 valence electrons. The zero-order chi connectivity index (χ0) is 17.1. The van der Waals surface area contributed by atoms with Gasteiger partial charge < -0.3 is 11.1 Å². The Balaban J connectivity index is 2.01. The van der Waals surface area contributed by atoms with Gasteiger partial charge in [-0.15, -0.1) is 0 Å². The standard InChI is InChI=1S/C16H14N6O2/c1-22-8-13(11-4-2-3-5-12(11)14(17)23)15(21-22)20-16(24)10-6-18-9-19-7-10/h2-9H,1H3,(H2,17,23)(H,20,21,24). The molecule has 0 aliphatic heterocycles. The molecule has 0 aliphatic rings. The van der Waals surface area contributed by atoms with Gasteiger partial charge >= 0.3 is 0 Å². The molecule has 0 saturated heterocycles. The van der Waals surface area contributed by atoms with E-state index in [2.05, 4.69) is 20.4 Å². The second-order valence-electron chi connectivity index (χ2n) is 5.06. The largest absolute Gasteiger partial charge is 0.366 e. The number of nitrogens with one attached hydrogen (secondary N) is 1. The van der Waals surface area contributed by atoms with Crippen LogP contribution in [0.15, 0.2) is 49.2 Å². The summed E-state index contributed by atoms with van der Waals surface area (Å²) >= 11 is 0. The summed E-state index contributed by atoms with van der Waals surface area (Å²) in [5.41, 5.74) is 7.27. The van der Waals surface area contributed by atoms with Gasteiger partial charge in [0, 0.05) is 36.8 Å². The summed E-state index contributed by atoms with van der Waals surface area (Å²) in [6.45, 7) is 0. The van der Waals surface area contributed by atoms with Crippen LogP contribution in [0.4, 0.5) is 5.82 Å². The lowest BCUT2D eigenvalue weighted by Gasteiger charge is -2.07. The van der Waals surface area contributed by atoms with E-state index in [1.54, 1.807) is 42.2 Å². The summed E-state index contributed by atoms with van der Waals surface area (Å²) in [7, 11) is 1.72. The third-order valence-corrected chi connectivity index (χ3v) is 3.37. The molecule has 0 aliphatic carbocycles. The van der Waals surface area contributed by atoms with Crippen molar-refractivity contribution in [2.75, 3.05) is 5.32 Å². The Morgan fingerprint density at radius 3 is 2.54 bits per heavy atom. The van der Waals surface area contributed by atoms with Crippen LogP contribution in [0.3, 0.4) is 0 Å². The highest BCUT2D eigenvalue weighted by atomic mass is 16.2. The molecule has 3 N–H and O–H groups in total. The smallest absolute Gasteiger partial charge is 0.260 e. The van der Waals surface area contributed by atoms with E-state index in [4.69, 9.17) is 5.73 Å². The van der Waals surface area contributed by atoms with Crippen molar-refractivity contribution in [2.45, 2.75) is 0 Å². The number of rotatable bonds is 4. The summed E-state index contributed by atoms with van der Waals surface area (Å²) in [6, 6.07) is 6.88. The number of hydrogen-bond donors (Lipinski definition) is 2. The lowest BCUT2D eigenvalue weighted by molar-refractivity contribution is 0.0998.